The van der Waals surface area contributed by atoms with Gasteiger partial charge < -0.3 is 48.8 Å². The van der Waals surface area contributed by atoms with Crippen molar-refractivity contribution in [1.29, 1.82) is 0 Å². The maximum atomic E-state index is 13.1. The third kappa shape index (κ3) is 6.22. The molecule has 2 aromatic rings. The predicted octanol–water partition coefficient (Wildman–Crippen LogP) is -1.77. The van der Waals surface area contributed by atoms with Crippen LogP contribution in [0.5, 0.6) is 0 Å². The molecule has 0 amide bonds. The van der Waals surface area contributed by atoms with Crippen molar-refractivity contribution in [2.45, 2.75) is 49.7 Å². The van der Waals surface area contributed by atoms with Gasteiger partial charge in [-0.05, 0) is 12.1 Å². The van der Waals surface area contributed by atoms with Gasteiger partial charge in [-0.2, -0.15) is 9.97 Å². The zero-order chi connectivity index (χ0) is 27.2. The maximum absolute atomic E-state index is 13.1. The molecule has 0 saturated carbocycles. The summed E-state index contributed by atoms with van der Waals surface area (Å²) in [6, 6.07) is 2.81. The Labute approximate surface area is 224 Å². The summed E-state index contributed by atoms with van der Waals surface area (Å²) in [7, 11) is 0. The molecule has 16 nitrogen and oxygen atoms in total. The summed E-state index contributed by atoms with van der Waals surface area (Å²) in [5.41, 5.74) is 9.71. The quantitative estimate of drug-likeness (QED) is 0.360. The molecule has 0 aromatic carbocycles. The van der Waals surface area contributed by atoms with E-state index in [1.54, 1.807) is 0 Å². The SMILES string of the molecule is Nc1ccn([C@H]2C[C@@H]3OP([O-])(=S)OC[C@H]4O[C@@H](n5ccc(N)nc5=O)C[C@@H]4OP([O-])(=S)OC[C@H]3O2)c(=O)n1. The van der Waals surface area contributed by atoms with Gasteiger partial charge in [0.15, 0.2) is 0 Å². The van der Waals surface area contributed by atoms with Crippen LogP contribution in [0.15, 0.2) is 34.1 Å². The minimum atomic E-state index is -4.14. The number of ether oxygens (including phenoxy) is 2. The molecule has 2 unspecified atom stereocenters. The third-order valence-electron chi connectivity index (χ3n) is 6.01. The van der Waals surface area contributed by atoms with Crippen LogP contribution in [0, 0.1) is 0 Å². The van der Waals surface area contributed by atoms with E-state index in [0.717, 1.165) is 9.13 Å². The molecule has 0 radical (unpaired) electrons. The molecule has 0 aliphatic carbocycles. The Balaban J connectivity index is 1.36. The van der Waals surface area contributed by atoms with Gasteiger partial charge >= 0.3 is 11.4 Å². The first-order chi connectivity index (χ1) is 17.9. The predicted molar refractivity (Wildman–Crippen MR) is 133 cm³/mol. The van der Waals surface area contributed by atoms with Gasteiger partial charge in [-0.15, -0.1) is 0 Å². The van der Waals surface area contributed by atoms with Crippen molar-refractivity contribution in [3.05, 3.63) is 45.5 Å². The second-order valence-electron chi connectivity index (χ2n) is 8.59. The van der Waals surface area contributed by atoms with Gasteiger partial charge in [0.1, 0.15) is 49.7 Å². The highest BCUT2D eigenvalue weighted by Gasteiger charge is 2.43. The Bertz CT molecular complexity index is 1320. The van der Waals surface area contributed by atoms with Crippen LogP contribution in [0.1, 0.15) is 25.3 Å². The van der Waals surface area contributed by atoms with Gasteiger partial charge in [-0.3, -0.25) is 9.13 Å². The Morgan fingerprint density at radius 2 is 1.18 bits per heavy atom. The molecule has 38 heavy (non-hydrogen) atoms. The maximum Gasteiger partial charge on any atom is 0.351 e. The second kappa shape index (κ2) is 10.7. The van der Waals surface area contributed by atoms with Gasteiger partial charge in [-0.25, -0.2) is 9.59 Å². The molecule has 208 valence electrons. The van der Waals surface area contributed by atoms with Crippen LogP contribution in [0.3, 0.4) is 0 Å². The molecule has 3 aliphatic heterocycles. The number of anilines is 2. The first-order valence-electron chi connectivity index (χ1n) is 11.2. The van der Waals surface area contributed by atoms with Gasteiger partial charge in [0, 0.05) is 25.2 Å². The van der Waals surface area contributed by atoms with Gasteiger partial charge in [0.05, 0.1) is 25.4 Å². The monoisotopic (exact) mass is 608 g/mol. The van der Waals surface area contributed by atoms with Gasteiger partial charge in [0.25, 0.3) is 0 Å². The molecular formula is C18H22N6O10P2S2-2. The molecule has 4 N–H and O–H groups in total. The number of nitrogens with two attached hydrogens (primary N) is 2. The lowest BCUT2D eigenvalue weighted by atomic mass is 10.2. The van der Waals surface area contributed by atoms with Gasteiger partial charge in [-0.1, -0.05) is 23.6 Å². The molecule has 20 heteroatoms. The zero-order valence-electron chi connectivity index (χ0n) is 19.3. The van der Waals surface area contributed by atoms with Crippen molar-refractivity contribution >= 4 is 48.7 Å². The lowest BCUT2D eigenvalue weighted by molar-refractivity contribution is -0.224. The van der Waals surface area contributed by atoms with Crippen molar-refractivity contribution in [2.75, 3.05) is 24.7 Å². The van der Waals surface area contributed by atoms with Crippen LogP contribution in [0.2, 0.25) is 0 Å². The summed E-state index contributed by atoms with van der Waals surface area (Å²) in [5, 5.41) is 0. The van der Waals surface area contributed by atoms with Crippen LogP contribution in [0.25, 0.3) is 0 Å². The number of fused-ring (bicyclic) bond motifs is 2. The Morgan fingerprint density at radius 3 is 1.55 bits per heavy atom. The average molecular weight is 608 g/mol. The highest BCUT2D eigenvalue weighted by molar-refractivity contribution is 8.06. The zero-order valence-corrected chi connectivity index (χ0v) is 22.8. The number of rotatable bonds is 2. The molecule has 0 bridgehead atoms. The molecule has 3 fully saturated rings. The van der Waals surface area contributed by atoms with Crippen molar-refractivity contribution in [3.63, 3.8) is 0 Å². The van der Waals surface area contributed by atoms with E-state index < -0.39 is 74.9 Å². The number of hydrogen-bond acceptors (Lipinski definition) is 16. The Hall–Kier alpha value is -1.66. The minimum absolute atomic E-state index is 0.00376. The van der Waals surface area contributed by atoms with E-state index in [9.17, 15) is 19.4 Å². The minimum Gasteiger partial charge on any atom is -0.780 e. The molecule has 8 atom stereocenters. The topological polar surface area (TPSA) is 223 Å². The number of hydrogen-bond donors (Lipinski definition) is 2. The highest BCUT2D eigenvalue weighted by atomic mass is 32.5. The summed E-state index contributed by atoms with van der Waals surface area (Å²) >= 11 is 10.2. The standard InChI is InChI=1S/C18H24N6O10P2S2/c19-13-1-3-23(17(25)21-13)15-5-9-11(31-15)7-29-36(28,38)34-10-6-16(24-4-2-14(20)22-18(24)26)32-12(10)8-30-35(27,37)33-9/h1-4,9-12,15-16H,5-8H2,(H,27,37)(H,28,38)(H2,19,21,25)(H2,20,22,26)/p-2/t9-,10-,11+,12+,15+,16+,35?,36?/m0/s1. The van der Waals surface area contributed by atoms with Crippen molar-refractivity contribution < 1.29 is 37.4 Å². The van der Waals surface area contributed by atoms with E-state index in [2.05, 4.69) is 9.97 Å². The summed E-state index contributed by atoms with van der Waals surface area (Å²) in [5.74, 6) is 0.0473. The van der Waals surface area contributed by atoms with Gasteiger partial charge in [0.2, 0.25) is 0 Å². The van der Waals surface area contributed by atoms with Crippen LogP contribution in [-0.4, -0.2) is 56.7 Å². The smallest absolute Gasteiger partial charge is 0.351 e. The van der Waals surface area contributed by atoms with Crippen molar-refractivity contribution in [2.24, 2.45) is 0 Å². The lowest BCUT2D eigenvalue weighted by Gasteiger charge is -2.37. The number of nitrogens with zero attached hydrogens (tertiary/aromatic N) is 4. The number of aromatic nitrogens is 4. The van der Waals surface area contributed by atoms with E-state index in [4.69, 9.17) is 62.6 Å². The normalized spacial score (nSPS) is 38.1. The molecule has 5 heterocycles. The van der Waals surface area contributed by atoms with Crippen molar-refractivity contribution in [3.8, 4) is 0 Å². The van der Waals surface area contributed by atoms with E-state index in [1.165, 1.54) is 24.5 Å². The first-order valence-corrected chi connectivity index (χ1v) is 16.3. The fraction of sp³-hybridized carbons (Fsp3) is 0.556. The van der Waals surface area contributed by atoms with E-state index in [0.29, 0.717) is 0 Å². The van der Waals surface area contributed by atoms with Crippen LogP contribution in [-0.2, 0) is 51.2 Å². The van der Waals surface area contributed by atoms with Crippen molar-refractivity contribution in [1.82, 2.24) is 19.1 Å². The van der Waals surface area contributed by atoms with E-state index in [1.807, 2.05) is 0 Å². The molecule has 5 rings (SSSR count). The average Bonchev–Trinajstić information content (AvgIpc) is 3.39. The first kappa shape index (κ1) is 27.9. The van der Waals surface area contributed by atoms with Crippen LogP contribution >= 0.6 is 13.4 Å². The molecule has 2 aromatic heterocycles. The summed E-state index contributed by atoms with van der Waals surface area (Å²) in [6.45, 7) is -9.09. The summed E-state index contributed by atoms with van der Waals surface area (Å²) in [6.07, 6.45) is -3.02. The molecular weight excluding hydrogens is 586 g/mol. The molecule has 0 spiro atoms. The van der Waals surface area contributed by atoms with E-state index >= 15 is 0 Å². The van der Waals surface area contributed by atoms with E-state index in [-0.39, 0.29) is 24.5 Å². The third-order valence-corrected chi connectivity index (χ3v) is 9.14. The number of nitrogen functional groups attached to an aromatic ring is 2. The second-order valence-corrected chi connectivity index (χ2v) is 14.0. The summed E-state index contributed by atoms with van der Waals surface area (Å²) in [4.78, 5) is 58.0. The lowest BCUT2D eigenvalue weighted by Crippen LogP contribution is -2.35. The summed E-state index contributed by atoms with van der Waals surface area (Å²) < 4.78 is 36.0. The Kier molecular flexibility index (Phi) is 7.87. The fourth-order valence-corrected chi connectivity index (χ4v) is 7.19. The molecule has 3 saturated heterocycles. The highest BCUT2D eigenvalue weighted by Crippen LogP contribution is 2.50. The van der Waals surface area contributed by atoms with Crippen LogP contribution < -0.4 is 32.6 Å². The Morgan fingerprint density at radius 1 is 0.789 bits per heavy atom. The largest absolute Gasteiger partial charge is 0.780 e. The van der Waals surface area contributed by atoms with Crippen LogP contribution in [0.4, 0.5) is 11.6 Å². The molecule has 3 aliphatic rings. The fourth-order valence-electron chi connectivity index (χ4n) is 4.28.